The zero-order valence-electron chi connectivity index (χ0n) is 12.7. The lowest BCUT2D eigenvalue weighted by Crippen LogP contribution is -2.71. The topological polar surface area (TPSA) is 18.5 Å². The molecule has 1 saturated heterocycles. The lowest BCUT2D eigenvalue weighted by Gasteiger charge is -2.76. The average molecular weight is 260 g/mol. The van der Waals surface area contributed by atoms with Crippen molar-refractivity contribution in [3.05, 3.63) is 12.7 Å². The number of rotatable bonds is 3. The molecule has 0 aromatic carbocycles. The van der Waals surface area contributed by atoms with Gasteiger partial charge in [0.15, 0.2) is 0 Å². The van der Waals surface area contributed by atoms with Crippen molar-refractivity contribution in [2.24, 2.45) is 17.3 Å². The summed E-state index contributed by atoms with van der Waals surface area (Å²) in [6, 6.07) is 0. The molecule has 19 heavy (non-hydrogen) atoms. The van der Waals surface area contributed by atoms with Gasteiger partial charge in [-0.1, -0.05) is 6.08 Å². The molecule has 0 spiro atoms. The first-order chi connectivity index (χ1) is 8.76. The predicted octanol–water partition coefficient (Wildman–Crippen LogP) is 3.83. The van der Waals surface area contributed by atoms with Crippen LogP contribution in [0, 0.1) is 17.3 Å². The zero-order chi connectivity index (χ0) is 13.7. The molecule has 1 unspecified atom stereocenters. The smallest absolute Gasteiger partial charge is 0.403 e. The van der Waals surface area contributed by atoms with Crippen molar-refractivity contribution >= 4 is 7.12 Å². The van der Waals surface area contributed by atoms with Gasteiger partial charge in [0.25, 0.3) is 0 Å². The molecule has 0 N–H and O–H groups in total. The number of allylic oxidation sites excluding steroid dienone is 1. The van der Waals surface area contributed by atoms with E-state index in [4.69, 9.17) is 9.31 Å². The van der Waals surface area contributed by atoms with E-state index in [1.807, 2.05) is 0 Å². The van der Waals surface area contributed by atoms with E-state index in [0.717, 1.165) is 11.8 Å². The van der Waals surface area contributed by atoms with E-state index in [2.05, 4.69) is 40.3 Å². The Balaban J connectivity index is 1.60. The van der Waals surface area contributed by atoms with Crippen molar-refractivity contribution in [3.63, 3.8) is 0 Å². The summed E-state index contributed by atoms with van der Waals surface area (Å²) in [5.74, 6) is 1.70. The lowest BCUT2D eigenvalue weighted by atomic mass is 9.18. The highest BCUT2D eigenvalue weighted by Gasteiger charge is 2.82. The molecule has 1 aliphatic heterocycles. The fourth-order valence-electron chi connectivity index (χ4n) is 4.95. The van der Waals surface area contributed by atoms with Gasteiger partial charge in [-0.25, -0.2) is 0 Å². The third-order valence-corrected chi connectivity index (χ3v) is 6.78. The standard InChI is InChI=1S/C16H25BO2/c1-6-15-9-16(10-15,12(15)11-7-8-11)17-18-13(2,3)14(4,5)19-17/h6,11-12H,1,7-10H2,2-5H3. The normalized spacial score (nSPS) is 49.5. The highest BCUT2D eigenvalue weighted by atomic mass is 16.7. The van der Waals surface area contributed by atoms with Gasteiger partial charge in [0.2, 0.25) is 0 Å². The van der Waals surface area contributed by atoms with Gasteiger partial charge in [0.05, 0.1) is 11.2 Å². The summed E-state index contributed by atoms with van der Waals surface area (Å²) < 4.78 is 12.7. The molecule has 2 bridgehead atoms. The van der Waals surface area contributed by atoms with Gasteiger partial charge in [0.1, 0.15) is 0 Å². The summed E-state index contributed by atoms with van der Waals surface area (Å²) in [5, 5.41) is 0.306. The molecule has 4 aliphatic carbocycles. The van der Waals surface area contributed by atoms with Crippen molar-refractivity contribution in [3.8, 4) is 0 Å². The summed E-state index contributed by atoms with van der Waals surface area (Å²) in [4.78, 5) is 0. The van der Waals surface area contributed by atoms with E-state index in [1.165, 1.54) is 25.7 Å². The second-order valence-electron chi connectivity index (χ2n) is 8.43. The maximum absolute atomic E-state index is 6.35. The molecular weight excluding hydrogens is 235 g/mol. The van der Waals surface area contributed by atoms with Gasteiger partial charge < -0.3 is 9.31 Å². The highest BCUT2D eigenvalue weighted by molar-refractivity contribution is 6.51. The minimum Gasteiger partial charge on any atom is -0.403 e. The molecule has 1 atom stereocenters. The molecule has 3 heteroatoms. The van der Waals surface area contributed by atoms with Crippen molar-refractivity contribution in [2.45, 2.75) is 69.9 Å². The molecule has 0 amide bonds. The van der Waals surface area contributed by atoms with E-state index >= 15 is 0 Å². The largest absolute Gasteiger partial charge is 0.464 e. The Morgan fingerprint density at radius 2 is 1.58 bits per heavy atom. The van der Waals surface area contributed by atoms with Crippen molar-refractivity contribution in [1.29, 1.82) is 0 Å². The van der Waals surface area contributed by atoms with E-state index in [1.54, 1.807) is 0 Å². The van der Waals surface area contributed by atoms with Crippen LogP contribution in [-0.4, -0.2) is 18.3 Å². The summed E-state index contributed by atoms with van der Waals surface area (Å²) in [6.07, 6.45) is 7.51. The zero-order valence-corrected chi connectivity index (χ0v) is 12.7. The monoisotopic (exact) mass is 260 g/mol. The van der Waals surface area contributed by atoms with Crippen LogP contribution in [-0.2, 0) is 9.31 Å². The van der Waals surface area contributed by atoms with Crippen molar-refractivity contribution < 1.29 is 9.31 Å². The molecule has 0 radical (unpaired) electrons. The Hall–Kier alpha value is -0.275. The van der Waals surface area contributed by atoms with Crippen LogP contribution in [0.25, 0.3) is 0 Å². The average Bonchev–Trinajstić information content (AvgIpc) is 2.93. The summed E-state index contributed by atoms with van der Waals surface area (Å²) in [6.45, 7) is 12.7. The van der Waals surface area contributed by atoms with Crippen LogP contribution in [0.15, 0.2) is 12.7 Å². The quantitative estimate of drug-likeness (QED) is 0.567. The van der Waals surface area contributed by atoms with Crippen molar-refractivity contribution in [2.75, 3.05) is 0 Å². The molecular formula is C16H25BO2. The lowest BCUT2D eigenvalue weighted by molar-refractivity contribution is -0.163. The Morgan fingerprint density at radius 3 is 2.00 bits per heavy atom. The molecule has 0 aromatic rings. The van der Waals surface area contributed by atoms with Crippen LogP contribution >= 0.6 is 0 Å². The van der Waals surface area contributed by atoms with Gasteiger partial charge in [-0.05, 0) is 70.6 Å². The van der Waals surface area contributed by atoms with E-state index < -0.39 is 0 Å². The molecule has 2 nitrogen and oxygen atoms in total. The molecule has 5 fully saturated rings. The number of hydrogen-bond donors (Lipinski definition) is 0. The first-order valence-corrected chi connectivity index (χ1v) is 7.76. The summed E-state index contributed by atoms with van der Waals surface area (Å²) in [7, 11) is 0.00456. The molecule has 5 rings (SSSR count). The van der Waals surface area contributed by atoms with Gasteiger partial charge in [-0.3, -0.25) is 0 Å². The molecule has 5 aliphatic rings. The Bertz CT molecular complexity index is 428. The third kappa shape index (κ3) is 1.27. The minimum absolute atomic E-state index is 0.00456. The van der Waals surface area contributed by atoms with E-state index in [-0.39, 0.29) is 18.3 Å². The fourth-order valence-corrected chi connectivity index (χ4v) is 4.95. The van der Waals surface area contributed by atoms with Crippen LogP contribution in [0.4, 0.5) is 0 Å². The third-order valence-electron chi connectivity index (χ3n) is 6.78. The number of hydrogen-bond acceptors (Lipinski definition) is 2. The van der Waals surface area contributed by atoms with Crippen LogP contribution in [0.5, 0.6) is 0 Å². The van der Waals surface area contributed by atoms with Crippen LogP contribution < -0.4 is 0 Å². The highest BCUT2D eigenvalue weighted by Crippen LogP contribution is 2.88. The fraction of sp³-hybridized carbons (Fsp3) is 0.875. The Kier molecular flexibility index (Phi) is 2.06. The van der Waals surface area contributed by atoms with Crippen LogP contribution in [0.3, 0.4) is 0 Å². The van der Waals surface area contributed by atoms with Gasteiger partial charge >= 0.3 is 7.12 Å². The van der Waals surface area contributed by atoms with Gasteiger partial charge in [-0.2, -0.15) is 0 Å². The predicted molar refractivity (Wildman–Crippen MR) is 76.9 cm³/mol. The summed E-state index contributed by atoms with van der Waals surface area (Å²) >= 11 is 0. The maximum atomic E-state index is 6.35. The molecule has 104 valence electrons. The second kappa shape index (κ2) is 3.14. The Morgan fingerprint density at radius 1 is 1.05 bits per heavy atom. The second-order valence-corrected chi connectivity index (χ2v) is 8.43. The van der Waals surface area contributed by atoms with Crippen LogP contribution in [0.2, 0.25) is 5.31 Å². The van der Waals surface area contributed by atoms with Gasteiger partial charge in [0, 0.05) is 5.31 Å². The van der Waals surface area contributed by atoms with E-state index in [0.29, 0.717) is 10.7 Å². The minimum atomic E-state index is -0.192. The van der Waals surface area contributed by atoms with Crippen LogP contribution in [0.1, 0.15) is 53.4 Å². The maximum Gasteiger partial charge on any atom is 0.464 e. The molecule has 4 saturated carbocycles. The van der Waals surface area contributed by atoms with Crippen molar-refractivity contribution in [1.82, 2.24) is 0 Å². The summed E-state index contributed by atoms with van der Waals surface area (Å²) in [5.41, 5.74) is 0.0514. The molecule has 1 heterocycles. The SMILES string of the molecule is C=CC12CC(B3OC(C)(C)C(C)(C)O3)(C1)C2C1CC1. The van der Waals surface area contributed by atoms with Gasteiger partial charge in [-0.15, -0.1) is 6.58 Å². The first-order valence-electron chi connectivity index (χ1n) is 7.76. The van der Waals surface area contributed by atoms with E-state index in [9.17, 15) is 0 Å². The first kappa shape index (κ1) is 12.5. The molecule has 0 aromatic heterocycles. The Labute approximate surface area is 117 Å².